The van der Waals surface area contributed by atoms with Gasteiger partial charge in [0.05, 0.1) is 29.7 Å². The first kappa shape index (κ1) is 22.8. The lowest BCUT2D eigenvalue weighted by molar-refractivity contribution is -0.139. The number of carbonyl (C=O) groups excluding carboxylic acids is 1. The number of alkyl halides is 3. The molecule has 1 amide bonds. The highest BCUT2D eigenvalue weighted by molar-refractivity contribution is 7.12. The highest BCUT2D eigenvalue weighted by atomic mass is 32.1. The molecule has 11 heteroatoms. The van der Waals surface area contributed by atoms with Crippen molar-refractivity contribution in [2.75, 3.05) is 0 Å². The van der Waals surface area contributed by atoms with Crippen LogP contribution < -0.4 is 5.32 Å². The minimum atomic E-state index is -4.42. The summed E-state index contributed by atoms with van der Waals surface area (Å²) in [4.78, 5) is 17.7. The van der Waals surface area contributed by atoms with Gasteiger partial charge in [-0.25, -0.2) is 9.50 Å². The molecule has 1 atom stereocenters. The van der Waals surface area contributed by atoms with Crippen LogP contribution in [0.15, 0.2) is 72.8 Å². The number of halogens is 3. The van der Waals surface area contributed by atoms with Crippen LogP contribution in [0.3, 0.4) is 0 Å². The van der Waals surface area contributed by atoms with E-state index in [4.69, 9.17) is 0 Å². The van der Waals surface area contributed by atoms with E-state index in [9.17, 15) is 18.0 Å². The number of nitrogens with zero attached hydrogens (tertiary/aromatic N) is 5. The number of aromatic nitrogens is 5. The lowest BCUT2D eigenvalue weighted by atomic mass is 10.0. The van der Waals surface area contributed by atoms with Crippen molar-refractivity contribution in [3.8, 4) is 22.3 Å². The number of hydrogen-bond acceptors (Lipinski definition) is 5. The van der Waals surface area contributed by atoms with Crippen LogP contribution in [0.4, 0.5) is 13.2 Å². The Kier molecular flexibility index (Phi) is 5.85. The second-order valence-electron chi connectivity index (χ2n) is 8.03. The Balaban J connectivity index is 1.38. The van der Waals surface area contributed by atoms with Gasteiger partial charge < -0.3 is 5.32 Å². The molecule has 0 aliphatic carbocycles. The normalized spacial score (nSPS) is 12.7. The van der Waals surface area contributed by atoms with E-state index in [0.717, 1.165) is 22.5 Å². The molecule has 0 aliphatic rings. The van der Waals surface area contributed by atoms with Crippen molar-refractivity contribution in [1.82, 2.24) is 29.7 Å². The fourth-order valence-electron chi connectivity index (χ4n) is 3.79. The van der Waals surface area contributed by atoms with Gasteiger partial charge in [-0.2, -0.15) is 23.4 Å². The summed E-state index contributed by atoms with van der Waals surface area (Å²) in [6.07, 6.45) is 3.24. The van der Waals surface area contributed by atoms with Crippen LogP contribution >= 0.6 is 11.3 Å². The highest BCUT2D eigenvalue weighted by Gasteiger charge is 2.33. The monoisotopic (exact) mass is 496 g/mol. The van der Waals surface area contributed by atoms with Crippen LogP contribution in [-0.2, 0) is 7.05 Å². The zero-order valence-electron chi connectivity index (χ0n) is 18.4. The number of amides is 1. The SMILES string of the molecule is Cn1cc(-c2cnc3c(-c4csc(C(=O)N[C@H](CC(F)(F)F)c5ccccc5)c4)cnn3c2)cn1. The third-order valence-electron chi connectivity index (χ3n) is 5.47. The molecule has 178 valence electrons. The fraction of sp³-hybridized carbons (Fsp3) is 0.167. The van der Waals surface area contributed by atoms with E-state index in [0.29, 0.717) is 27.2 Å². The average Bonchev–Trinajstić information content (AvgIpc) is 3.57. The molecule has 4 aromatic heterocycles. The molecule has 0 fully saturated rings. The van der Waals surface area contributed by atoms with Crippen LogP contribution in [0.2, 0.25) is 0 Å². The molecule has 35 heavy (non-hydrogen) atoms. The van der Waals surface area contributed by atoms with Crippen LogP contribution in [-0.4, -0.2) is 36.5 Å². The van der Waals surface area contributed by atoms with E-state index in [1.807, 2.05) is 19.4 Å². The summed E-state index contributed by atoms with van der Waals surface area (Å²) in [5.41, 5.74) is 4.17. The summed E-state index contributed by atoms with van der Waals surface area (Å²) in [7, 11) is 1.83. The first-order valence-corrected chi connectivity index (χ1v) is 11.5. The Morgan fingerprint density at radius 3 is 2.54 bits per heavy atom. The average molecular weight is 497 g/mol. The minimum absolute atomic E-state index is 0.300. The van der Waals surface area contributed by atoms with Crippen LogP contribution in [0.5, 0.6) is 0 Å². The molecule has 0 saturated heterocycles. The van der Waals surface area contributed by atoms with Gasteiger partial charge in [0.1, 0.15) is 0 Å². The van der Waals surface area contributed by atoms with Crippen molar-refractivity contribution in [2.24, 2.45) is 7.05 Å². The van der Waals surface area contributed by atoms with Crippen molar-refractivity contribution in [2.45, 2.75) is 18.6 Å². The molecule has 0 bridgehead atoms. The first-order chi connectivity index (χ1) is 16.8. The van der Waals surface area contributed by atoms with Gasteiger partial charge in [0.25, 0.3) is 5.91 Å². The molecule has 0 radical (unpaired) electrons. The number of thiophene rings is 1. The van der Waals surface area contributed by atoms with Gasteiger partial charge in [-0.3, -0.25) is 9.48 Å². The van der Waals surface area contributed by atoms with E-state index in [1.54, 1.807) is 69.6 Å². The van der Waals surface area contributed by atoms with Crippen molar-refractivity contribution >= 4 is 22.9 Å². The number of carbonyl (C=O) groups is 1. The molecular weight excluding hydrogens is 477 g/mol. The Morgan fingerprint density at radius 2 is 1.83 bits per heavy atom. The lowest BCUT2D eigenvalue weighted by Crippen LogP contribution is -2.31. The van der Waals surface area contributed by atoms with Crippen molar-refractivity contribution in [1.29, 1.82) is 0 Å². The molecule has 1 aromatic carbocycles. The van der Waals surface area contributed by atoms with Gasteiger partial charge >= 0.3 is 6.18 Å². The van der Waals surface area contributed by atoms with E-state index in [1.165, 1.54) is 0 Å². The predicted octanol–water partition coefficient (Wildman–Crippen LogP) is 5.28. The smallest absolute Gasteiger partial charge is 0.344 e. The van der Waals surface area contributed by atoms with E-state index >= 15 is 0 Å². The summed E-state index contributed by atoms with van der Waals surface area (Å²) < 4.78 is 42.8. The van der Waals surface area contributed by atoms with E-state index in [2.05, 4.69) is 20.5 Å². The van der Waals surface area contributed by atoms with Crippen molar-refractivity contribution < 1.29 is 18.0 Å². The second kappa shape index (κ2) is 8.99. The van der Waals surface area contributed by atoms with Crippen LogP contribution in [0.1, 0.15) is 27.7 Å². The number of benzene rings is 1. The van der Waals surface area contributed by atoms with Crippen molar-refractivity contribution in [3.05, 3.63) is 83.2 Å². The number of nitrogens with one attached hydrogen (secondary N) is 1. The zero-order valence-corrected chi connectivity index (χ0v) is 19.2. The molecule has 1 N–H and O–H groups in total. The number of hydrogen-bond donors (Lipinski definition) is 1. The Bertz CT molecular complexity index is 1490. The summed E-state index contributed by atoms with van der Waals surface area (Å²) in [5, 5.41) is 12.8. The topological polar surface area (TPSA) is 77.1 Å². The first-order valence-electron chi connectivity index (χ1n) is 10.6. The molecule has 0 aliphatic heterocycles. The summed E-state index contributed by atoms with van der Waals surface area (Å²) >= 11 is 1.15. The highest BCUT2D eigenvalue weighted by Crippen LogP contribution is 2.32. The fourth-order valence-corrected chi connectivity index (χ4v) is 4.60. The predicted molar refractivity (Wildman–Crippen MR) is 126 cm³/mol. The minimum Gasteiger partial charge on any atom is -0.344 e. The molecule has 5 aromatic rings. The Labute approximate surface area is 201 Å². The molecular formula is C24H19F3N6OS. The maximum absolute atomic E-state index is 13.2. The Morgan fingerprint density at radius 1 is 1.06 bits per heavy atom. The molecule has 0 saturated carbocycles. The summed E-state index contributed by atoms with van der Waals surface area (Å²) in [6.45, 7) is 0. The van der Waals surface area contributed by atoms with Crippen molar-refractivity contribution in [3.63, 3.8) is 0 Å². The number of aryl methyl sites for hydroxylation is 1. The molecule has 7 nitrogen and oxygen atoms in total. The summed E-state index contributed by atoms with van der Waals surface area (Å²) in [6, 6.07) is 8.60. The van der Waals surface area contributed by atoms with Gasteiger partial charge in [-0.15, -0.1) is 11.3 Å². The number of fused-ring (bicyclic) bond motifs is 1. The van der Waals surface area contributed by atoms with E-state index < -0.39 is 24.5 Å². The van der Waals surface area contributed by atoms with Gasteiger partial charge in [0.2, 0.25) is 0 Å². The Hall–Kier alpha value is -3.99. The third-order valence-corrected chi connectivity index (χ3v) is 6.40. The van der Waals surface area contributed by atoms with Crippen LogP contribution in [0, 0.1) is 0 Å². The maximum Gasteiger partial charge on any atom is 0.391 e. The van der Waals surface area contributed by atoms with Gasteiger partial charge in [0.15, 0.2) is 5.65 Å². The standard InChI is InChI=1S/C24H19F3N6OS/c1-32-12-18(10-29-32)17-9-28-22-19(11-30-33(22)13-17)16-7-21(35-14-16)23(34)31-20(8-24(25,26)27)15-5-3-2-4-6-15/h2-7,9-14,20H,8H2,1H3,(H,31,34)/t20-/m1/s1. The van der Waals surface area contributed by atoms with Gasteiger partial charge in [-0.05, 0) is 22.6 Å². The summed E-state index contributed by atoms with van der Waals surface area (Å²) in [5.74, 6) is -0.567. The second-order valence-corrected chi connectivity index (χ2v) is 8.94. The maximum atomic E-state index is 13.2. The quantitative estimate of drug-likeness (QED) is 0.347. The van der Waals surface area contributed by atoms with Gasteiger partial charge in [-0.1, -0.05) is 30.3 Å². The molecule has 5 rings (SSSR count). The number of rotatable bonds is 6. The molecule has 0 spiro atoms. The molecule has 0 unspecified atom stereocenters. The largest absolute Gasteiger partial charge is 0.391 e. The van der Waals surface area contributed by atoms with E-state index in [-0.39, 0.29) is 0 Å². The lowest BCUT2D eigenvalue weighted by Gasteiger charge is -2.20. The molecule has 4 heterocycles. The van der Waals surface area contributed by atoms with Gasteiger partial charge in [0, 0.05) is 42.3 Å². The van der Waals surface area contributed by atoms with Crippen LogP contribution in [0.25, 0.3) is 27.9 Å². The zero-order chi connectivity index (χ0) is 24.6. The third kappa shape index (κ3) is 4.94.